The second-order valence-corrected chi connectivity index (χ2v) is 5.10. The monoisotopic (exact) mass is 297 g/mol. The number of aliphatic imine (C=N–C) groups is 1. The average molecular weight is 297 g/mol. The van der Waals surface area contributed by atoms with Crippen molar-refractivity contribution < 1.29 is 18.9 Å². The minimum Gasteiger partial charge on any atom is -0.486 e. The van der Waals surface area contributed by atoms with Crippen LogP contribution in [0.1, 0.15) is 5.56 Å². The zero-order valence-corrected chi connectivity index (χ0v) is 11.9. The molecular formula is C17H15NO4. The minimum atomic E-state index is -0.0693. The maximum Gasteiger partial charge on any atom is 0.231 e. The van der Waals surface area contributed by atoms with Gasteiger partial charge in [0.15, 0.2) is 29.1 Å². The number of hydrogen-bond acceptors (Lipinski definition) is 5. The molecule has 5 nitrogen and oxygen atoms in total. The fraction of sp³-hybridized carbons (Fsp3) is 0.235. The first kappa shape index (κ1) is 13.0. The van der Waals surface area contributed by atoms with Crippen LogP contribution in [0.5, 0.6) is 23.0 Å². The molecule has 5 heteroatoms. The Morgan fingerprint density at radius 2 is 1.77 bits per heavy atom. The molecule has 22 heavy (non-hydrogen) atoms. The lowest BCUT2D eigenvalue weighted by Gasteiger charge is -2.25. The molecule has 0 fully saturated rings. The Bertz CT molecular complexity index is 714. The zero-order valence-electron chi connectivity index (χ0n) is 11.9. The molecule has 2 aromatic carbocycles. The summed E-state index contributed by atoms with van der Waals surface area (Å²) in [6.45, 7) is 1.33. The fourth-order valence-corrected chi connectivity index (χ4v) is 2.42. The summed E-state index contributed by atoms with van der Waals surface area (Å²) in [7, 11) is 0. The van der Waals surface area contributed by atoms with Crippen LogP contribution in [0.15, 0.2) is 47.5 Å². The van der Waals surface area contributed by atoms with Gasteiger partial charge in [0.2, 0.25) is 6.79 Å². The summed E-state index contributed by atoms with van der Waals surface area (Å²) < 4.78 is 22.2. The van der Waals surface area contributed by atoms with Gasteiger partial charge in [-0.05, 0) is 35.9 Å². The fourth-order valence-electron chi connectivity index (χ4n) is 2.42. The molecule has 112 valence electrons. The number of nitrogens with zero attached hydrogens (tertiary/aromatic N) is 1. The van der Waals surface area contributed by atoms with Crippen molar-refractivity contribution in [3.8, 4) is 23.0 Å². The molecule has 0 saturated carbocycles. The molecule has 4 rings (SSSR count). The lowest BCUT2D eigenvalue weighted by Crippen LogP contribution is -2.31. The second kappa shape index (κ2) is 5.60. The first-order chi connectivity index (χ1) is 10.9. The van der Waals surface area contributed by atoms with Crippen molar-refractivity contribution in [2.24, 2.45) is 4.99 Å². The van der Waals surface area contributed by atoms with Gasteiger partial charge in [-0.2, -0.15) is 0 Å². The lowest BCUT2D eigenvalue weighted by molar-refractivity contribution is 0.0973. The first-order valence-corrected chi connectivity index (χ1v) is 7.16. The van der Waals surface area contributed by atoms with E-state index in [1.165, 1.54) is 0 Å². The van der Waals surface area contributed by atoms with Crippen LogP contribution >= 0.6 is 0 Å². The predicted octanol–water partition coefficient (Wildman–Crippen LogP) is 2.67. The Morgan fingerprint density at radius 3 is 2.73 bits per heavy atom. The summed E-state index contributed by atoms with van der Waals surface area (Å²) in [4.78, 5) is 4.44. The average Bonchev–Trinajstić information content (AvgIpc) is 3.02. The van der Waals surface area contributed by atoms with Gasteiger partial charge in [0.1, 0.15) is 6.61 Å². The number of benzene rings is 2. The molecule has 0 aliphatic carbocycles. The van der Waals surface area contributed by atoms with E-state index in [-0.39, 0.29) is 12.9 Å². The largest absolute Gasteiger partial charge is 0.486 e. The van der Waals surface area contributed by atoms with Crippen molar-refractivity contribution in [3.63, 3.8) is 0 Å². The van der Waals surface area contributed by atoms with E-state index in [2.05, 4.69) is 4.99 Å². The van der Waals surface area contributed by atoms with Crippen LogP contribution in [0.3, 0.4) is 0 Å². The minimum absolute atomic E-state index is 0.0693. The Labute approximate surface area is 128 Å². The Morgan fingerprint density at radius 1 is 0.955 bits per heavy atom. The molecule has 2 aliphatic rings. The highest BCUT2D eigenvalue weighted by molar-refractivity contribution is 5.81. The third-order valence-corrected chi connectivity index (χ3v) is 3.51. The molecule has 0 saturated heterocycles. The summed E-state index contributed by atoms with van der Waals surface area (Å²) in [5.74, 6) is 3.10. The molecule has 2 aliphatic heterocycles. The van der Waals surface area contributed by atoms with Gasteiger partial charge in [0, 0.05) is 6.21 Å². The van der Waals surface area contributed by atoms with Gasteiger partial charge >= 0.3 is 0 Å². The van der Waals surface area contributed by atoms with Crippen molar-refractivity contribution in [3.05, 3.63) is 48.0 Å². The van der Waals surface area contributed by atoms with Crippen LogP contribution in [0.25, 0.3) is 0 Å². The summed E-state index contributed by atoms with van der Waals surface area (Å²) >= 11 is 0. The van der Waals surface area contributed by atoms with Gasteiger partial charge in [-0.15, -0.1) is 0 Å². The van der Waals surface area contributed by atoms with Crippen molar-refractivity contribution in [2.75, 3.05) is 19.9 Å². The van der Waals surface area contributed by atoms with E-state index in [0.29, 0.717) is 13.2 Å². The molecule has 2 aromatic rings. The maximum absolute atomic E-state index is 5.86. The van der Waals surface area contributed by atoms with E-state index >= 15 is 0 Å². The van der Waals surface area contributed by atoms with E-state index in [1.54, 1.807) is 0 Å². The van der Waals surface area contributed by atoms with Crippen molar-refractivity contribution in [1.29, 1.82) is 0 Å². The van der Waals surface area contributed by atoms with Gasteiger partial charge in [0.05, 0.1) is 6.54 Å². The third kappa shape index (κ3) is 2.57. The molecule has 2 heterocycles. The summed E-state index contributed by atoms with van der Waals surface area (Å²) in [6, 6.07) is 13.4. The van der Waals surface area contributed by atoms with Crippen LogP contribution in [-0.4, -0.2) is 32.3 Å². The maximum atomic E-state index is 5.86. The van der Waals surface area contributed by atoms with Crippen LogP contribution in [0, 0.1) is 0 Å². The number of hydrogen-bond donors (Lipinski definition) is 0. The van der Waals surface area contributed by atoms with Crippen LogP contribution in [0.4, 0.5) is 0 Å². The highest BCUT2D eigenvalue weighted by Gasteiger charge is 2.19. The Balaban J connectivity index is 1.39. The van der Waals surface area contributed by atoms with Gasteiger partial charge in [-0.3, -0.25) is 4.99 Å². The molecule has 0 bridgehead atoms. The zero-order chi connectivity index (χ0) is 14.8. The van der Waals surface area contributed by atoms with E-state index in [0.717, 1.165) is 28.6 Å². The molecule has 0 spiro atoms. The number of rotatable bonds is 3. The van der Waals surface area contributed by atoms with E-state index in [1.807, 2.05) is 48.7 Å². The molecule has 0 radical (unpaired) electrons. The Kier molecular flexibility index (Phi) is 3.31. The van der Waals surface area contributed by atoms with E-state index in [4.69, 9.17) is 18.9 Å². The normalized spacial score (nSPS) is 18.6. The summed E-state index contributed by atoms with van der Waals surface area (Å²) in [6.07, 6.45) is 1.74. The van der Waals surface area contributed by atoms with Crippen molar-refractivity contribution in [1.82, 2.24) is 0 Å². The van der Waals surface area contributed by atoms with E-state index < -0.39 is 0 Å². The molecule has 0 aromatic heterocycles. The molecule has 0 amide bonds. The van der Waals surface area contributed by atoms with Gasteiger partial charge < -0.3 is 18.9 Å². The number of ether oxygens (including phenoxy) is 4. The topological polar surface area (TPSA) is 49.3 Å². The number of fused-ring (bicyclic) bond motifs is 2. The SMILES string of the molecule is C(=NC[C@H]1COc2ccccc2O1)c1ccc2c(c1)OCO2. The summed E-state index contributed by atoms with van der Waals surface area (Å²) in [5.41, 5.74) is 0.973. The van der Waals surface area contributed by atoms with Crippen LogP contribution in [-0.2, 0) is 0 Å². The third-order valence-electron chi connectivity index (χ3n) is 3.51. The molecular weight excluding hydrogens is 282 g/mol. The molecule has 1 atom stereocenters. The quantitative estimate of drug-likeness (QED) is 0.817. The van der Waals surface area contributed by atoms with Crippen molar-refractivity contribution in [2.45, 2.75) is 6.10 Å². The number of para-hydroxylation sites is 2. The molecule has 0 N–H and O–H groups in total. The van der Waals surface area contributed by atoms with Gasteiger partial charge in [-0.25, -0.2) is 0 Å². The summed E-state index contributed by atoms with van der Waals surface area (Å²) in [5, 5.41) is 0. The smallest absolute Gasteiger partial charge is 0.231 e. The van der Waals surface area contributed by atoms with E-state index in [9.17, 15) is 0 Å². The first-order valence-electron chi connectivity index (χ1n) is 7.16. The molecule has 0 unspecified atom stereocenters. The Hall–Kier alpha value is -2.69. The highest BCUT2D eigenvalue weighted by atomic mass is 16.7. The lowest BCUT2D eigenvalue weighted by atomic mass is 10.2. The second-order valence-electron chi connectivity index (χ2n) is 5.10. The van der Waals surface area contributed by atoms with Crippen LogP contribution in [0.2, 0.25) is 0 Å². The van der Waals surface area contributed by atoms with Gasteiger partial charge in [-0.1, -0.05) is 12.1 Å². The highest BCUT2D eigenvalue weighted by Crippen LogP contribution is 2.32. The van der Waals surface area contributed by atoms with Crippen molar-refractivity contribution >= 4 is 6.21 Å². The predicted molar refractivity (Wildman–Crippen MR) is 81.4 cm³/mol. The standard InChI is InChI=1S/C17H15NO4/c1-2-4-16-14(3-1)19-10-13(22-16)9-18-8-12-5-6-15-17(7-12)21-11-20-15/h1-8,13H,9-11H2/t13-/m0/s1. The van der Waals surface area contributed by atoms with Crippen LogP contribution < -0.4 is 18.9 Å². The van der Waals surface area contributed by atoms with Gasteiger partial charge in [0.25, 0.3) is 0 Å².